The molecule has 1 saturated carbocycles. The van der Waals surface area contributed by atoms with Gasteiger partial charge in [-0.3, -0.25) is 4.90 Å². The van der Waals surface area contributed by atoms with Crippen molar-refractivity contribution in [2.45, 2.75) is 30.3 Å². The molecule has 3 aliphatic rings. The number of carboxylic acids is 1. The van der Waals surface area contributed by atoms with E-state index in [1.54, 1.807) is 0 Å². The second-order valence-electron chi connectivity index (χ2n) is 7.73. The summed E-state index contributed by atoms with van der Waals surface area (Å²) in [5.74, 6) is -1.07. The van der Waals surface area contributed by atoms with Crippen LogP contribution in [0.25, 0.3) is 11.1 Å². The van der Waals surface area contributed by atoms with Gasteiger partial charge in [0.15, 0.2) is 5.54 Å². The molecule has 1 heterocycles. The number of hydrogen-bond donors (Lipinski definition) is 1. The molecule has 0 bridgehead atoms. The van der Waals surface area contributed by atoms with Crippen molar-refractivity contribution in [3.8, 4) is 11.1 Å². The van der Waals surface area contributed by atoms with Gasteiger partial charge in [0.25, 0.3) is 0 Å². The Balaban J connectivity index is 1.39. The topological polar surface area (TPSA) is 76.1 Å². The summed E-state index contributed by atoms with van der Waals surface area (Å²) in [6.45, 7) is 0.221. The van der Waals surface area contributed by atoms with Crippen molar-refractivity contribution in [3.63, 3.8) is 0 Å². The number of benzene rings is 2. The maximum Gasteiger partial charge on any atom is 0.411 e. The summed E-state index contributed by atoms with van der Waals surface area (Å²) in [4.78, 5) is 26.2. The molecule has 6 nitrogen and oxygen atoms in total. The summed E-state index contributed by atoms with van der Waals surface area (Å²) in [6, 6.07) is 16.2. The van der Waals surface area contributed by atoms with Crippen LogP contribution in [0.3, 0.4) is 0 Å². The van der Waals surface area contributed by atoms with Crippen LogP contribution in [0.4, 0.5) is 4.79 Å². The Bertz CT molecular complexity index is 902. The van der Waals surface area contributed by atoms with E-state index in [1.165, 1.54) is 4.90 Å². The number of nitrogens with zero attached hydrogens (tertiary/aromatic N) is 1. The lowest BCUT2D eigenvalue weighted by Crippen LogP contribution is -2.69. The molecule has 1 amide bonds. The van der Waals surface area contributed by atoms with E-state index in [9.17, 15) is 14.7 Å². The van der Waals surface area contributed by atoms with Crippen molar-refractivity contribution in [3.05, 3.63) is 59.7 Å². The lowest BCUT2D eigenvalue weighted by Gasteiger charge is -2.45. The van der Waals surface area contributed by atoms with Crippen LogP contribution in [-0.4, -0.2) is 53.5 Å². The normalized spacial score (nSPS) is 19.3. The Morgan fingerprint density at radius 2 is 1.61 bits per heavy atom. The minimum absolute atomic E-state index is 0.0169. The number of carbonyl (C=O) groups excluding carboxylic acids is 1. The van der Waals surface area contributed by atoms with Gasteiger partial charge in [0.05, 0.1) is 13.2 Å². The molecule has 0 atom stereocenters. The highest BCUT2D eigenvalue weighted by molar-refractivity contribution is 5.86. The molecule has 0 unspecified atom stereocenters. The third-order valence-corrected chi connectivity index (χ3v) is 5.99. The van der Waals surface area contributed by atoms with Gasteiger partial charge in [0.2, 0.25) is 0 Å². The van der Waals surface area contributed by atoms with E-state index in [1.807, 2.05) is 24.3 Å². The van der Waals surface area contributed by atoms with Gasteiger partial charge in [-0.1, -0.05) is 48.5 Å². The number of carboxylic acid groups (broad SMARTS) is 1. The summed E-state index contributed by atoms with van der Waals surface area (Å²) in [5, 5.41) is 9.69. The van der Waals surface area contributed by atoms with Crippen LogP contribution in [0.2, 0.25) is 0 Å². The molecule has 2 aromatic carbocycles. The fraction of sp³-hybridized carbons (Fsp3) is 0.364. The third kappa shape index (κ3) is 2.52. The van der Waals surface area contributed by atoms with Crippen molar-refractivity contribution in [1.29, 1.82) is 0 Å². The molecule has 0 spiro atoms. The van der Waals surface area contributed by atoms with Crippen LogP contribution < -0.4 is 0 Å². The average Bonchev–Trinajstić information content (AvgIpc) is 3.44. The molecule has 28 heavy (non-hydrogen) atoms. The van der Waals surface area contributed by atoms with Gasteiger partial charge in [-0.05, 0) is 35.1 Å². The third-order valence-electron chi connectivity index (χ3n) is 5.99. The lowest BCUT2D eigenvalue weighted by atomic mass is 9.95. The zero-order valence-electron chi connectivity index (χ0n) is 15.3. The molecule has 144 valence electrons. The molecule has 1 aliphatic heterocycles. The van der Waals surface area contributed by atoms with E-state index in [4.69, 9.17) is 9.47 Å². The molecular formula is C22H21NO5. The quantitative estimate of drug-likeness (QED) is 0.863. The standard InChI is InChI=1S/C22H21NO5/c24-20(25)22(12-27-13-22)23(14-9-10-14)21(26)28-11-19-17-7-3-1-5-15(17)16-6-2-4-8-18(16)19/h1-8,14,19H,9-13H2,(H,24,25). The van der Waals surface area contributed by atoms with Gasteiger partial charge in [-0.15, -0.1) is 0 Å². The molecule has 2 aromatic rings. The zero-order valence-corrected chi connectivity index (χ0v) is 15.3. The van der Waals surface area contributed by atoms with E-state index in [-0.39, 0.29) is 31.8 Å². The number of rotatable bonds is 5. The average molecular weight is 379 g/mol. The van der Waals surface area contributed by atoms with Crippen LogP contribution >= 0.6 is 0 Å². The molecule has 1 saturated heterocycles. The molecular weight excluding hydrogens is 358 g/mol. The summed E-state index contributed by atoms with van der Waals surface area (Å²) < 4.78 is 10.9. The number of fused-ring (bicyclic) bond motifs is 3. The highest BCUT2D eigenvalue weighted by Crippen LogP contribution is 2.45. The lowest BCUT2D eigenvalue weighted by molar-refractivity contribution is -0.184. The first-order valence-corrected chi connectivity index (χ1v) is 9.57. The predicted octanol–water partition coefficient (Wildman–Crippen LogP) is 3.25. The molecule has 0 aromatic heterocycles. The largest absolute Gasteiger partial charge is 0.479 e. The summed E-state index contributed by atoms with van der Waals surface area (Å²) in [5.41, 5.74) is 3.30. The molecule has 2 aliphatic carbocycles. The minimum atomic E-state index is -1.29. The van der Waals surface area contributed by atoms with Crippen LogP contribution in [-0.2, 0) is 14.3 Å². The molecule has 5 rings (SSSR count). The highest BCUT2D eigenvalue weighted by Gasteiger charge is 2.58. The van der Waals surface area contributed by atoms with Gasteiger partial charge in [-0.25, -0.2) is 9.59 Å². The molecule has 2 fully saturated rings. The SMILES string of the molecule is O=C(OCC1c2ccccc2-c2ccccc21)N(C1CC1)C1(C(=O)O)COC1. The first-order valence-electron chi connectivity index (χ1n) is 9.57. The van der Waals surface area contributed by atoms with E-state index >= 15 is 0 Å². The van der Waals surface area contributed by atoms with Crippen LogP contribution in [0.5, 0.6) is 0 Å². The minimum Gasteiger partial charge on any atom is -0.479 e. The van der Waals surface area contributed by atoms with Gasteiger partial charge in [0, 0.05) is 12.0 Å². The smallest absolute Gasteiger partial charge is 0.411 e. The first-order chi connectivity index (χ1) is 13.6. The maximum atomic E-state index is 12.9. The van der Waals surface area contributed by atoms with Crippen LogP contribution in [0.15, 0.2) is 48.5 Å². The second kappa shape index (κ2) is 6.34. The van der Waals surface area contributed by atoms with E-state index in [0.29, 0.717) is 0 Å². The maximum absolute atomic E-state index is 12.9. The fourth-order valence-corrected chi connectivity index (χ4v) is 4.33. The molecule has 6 heteroatoms. The van der Waals surface area contributed by atoms with E-state index in [2.05, 4.69) is 24.3 Å². The Morgan fingerprint density at radius 3 is 2.07 bits per heavy atom. The van der Waals surface area contributed by atoms with Crippen LogP contribution in [0, 0.1) is 0 Å². The summed E-state index contributed by atoms with van der Waals surface area (Å²) in [7, 11) is 0. The van der Waals surface area contributed by atoms with Crippen LogP contribution in [0.1, 0.15) is 29.9 Å². The molecule has 1 N–H and O–H groups in total. The second-order valence-corrected chi connectivity index (χ2v) is 7.73. The van der Waals surface area contributed by atoms with Crippen molar-refractivity contribution in [1.82, 2.24) is 4.90 Å². The van der Waals surface area contributed by atoms with Crippen molar-refractivity contribution in [2.75, 3.05) is 19.8 Å². The van der Waals surface area contributed by atoms with E-state index < -0.39 is 17.6 Å². The Labute approximate surface area is 162 Å². The predicted molar refractivity (Wildman–Crippen MR) is 101 cm³/mol. The van der Waals surface area contributed by atoms with Gasteiger partial charge < -0.3 is 14.6 Å². The molecule has 0 radical (unpaired) electrons. The van der Waals surface area contributed by atoms with Gasteiger partial charge in [-0.2, -0.15) is 0 Å². The van der Waals surface area contributed by atoms with Gasteiger partial charge in [0.1, 0.15) is 6.61 Å². The first kappa shape index (κ1) is 17.3. The number of carbonyl (C=O) groups is 2. The van der Waals surface area contributed by atoms with Gasteiger partial charge >= 0.3 is 12.1 Å². The zero-order chi connectivity index (χ0) is 19.3. The van der Waals surface area contributed by atoms with Crippen molar-refractivity contribution >= 4 is 12.1 Å². The Morgan fingerprint density at radius 1 is 1.04 bits per heavy atom. The number of amides is 1. The van der Waals surface area contributed by atoms with Crippen molar-refractivity contribution < 1.29 is 24.2 Å². The summed E-state index contributed by atoms with van der Waals surface area (Å²) >= 11 is 0. The van der Waals surface area contributed by atoms with E-state index in [0.717, 1.165) is 35.1 Å². The Kier molecular flexibility index (Phi) is 3.91. The Hall–Kier alpha value is -2.86. The number of aliphatic carboxylic acids is 1. The number of ether oxygens (including phenoxy) is 2. The summed E-state index contributed by atoms with van der Waals surface area (Å²) in [6.07, 6.45) is 1.05. The highest BCUT2D eigenvalue weighted by atomic mass is 16.6. The fourth-order valence-electron chi connectivity index (χ4n) is 4.33. The number of hydrogen-bond acceptors (Lipinski definition) is 4. The monoisotopic (exact) mass is 379 g/mol. The van der Waals surface area contributed by atoms with Crippen molar-refractivity contribution in [2.24, 2.45) is 0 Å².